The minimum absolute atomic E-state index is 0.196. The minimum Gasteiger partial charge on any atom is -0.334 e. The topological polar surface area (TPSA) is 101 Å². The smallest absolute Gasteiger partial charge is 0.305 e. The maximum Gasteiger partial charge on any atom is 0.305 e. The van der Waals surface area contributed by atoms with Gasteiger partial charge in [-0.05, 0) is 53.1 Å². The van der Waals surface area contributed by atoms with Crippen LogP contribution in [0.25, 0.3) is 33.2 Å². The van der Waals surface area contributed by atoms with E-state index < -0.39 is 5.54 Å². The average Bonchev–Trinajstić information content (AvgIpc) is 3.74. The number of carbonyl (C=O) groups is 1. The summed E-state index contributed by atoms with van der Waals surface area (Å²) in [5.74, 6) is -0.182. The lowest BCUT2D eigenvalue weighted by molar-refractivity contribution is 0.0953. The highest BCUT2D eigenvalue weighted by atomic mass is 16.2. The molecule has 5 aromatic carbocycles. The van der Waals surface area contributed by atoms with E-state index in [9.17, 15) is 4.79 Å². The number of carbonyl (C=O) groups excluding carboxylic acids is 1. The quantitative estimate of drug-likeness (QED) is 0.122. The first-order valence-electron chi connectivity index (χ1n) is 15.3. The second kappa shape index (κ2) is 11.8. The third kappa shape index (κ3) is 4.89. The van der Waals surface area contributed by atoms with Crippen molar-refractivity contribution in [3.63, 3.8) is 0 Å². The second-order valence-corrected chi connectivity index (χ2v) is 11.2. The summed E-state index contributed by atoms with van der Waals surface area (Å²) in [7, 11) is 0. The third-order valence-electron chi connectivity index (χ3n) is 8.44. The number of anilines is 1. The maximum atomic E-state index is 13.2. The normalized spacial score (nSPS) is 11.5. The molecule has 8 heteroatoms. The van der Waals surface area contributed by atoms with E-state index in [2.05, 4.69) is 98.3 Å². The zero-order valence-corrected chi connectivity index (χ0v) is 25.2. The van der Waals surface area contributed by atoms with Crippen LogP contribution in [-0.2, 0) is 5.54 Å². The fourth-order valence-corrected chi connectivity index (χ4v) is 6.32. The standard InChI is InChI=1S/C39H29N7O/c47-38(44-43-31-19-11-4-12-20-31)37-41-33-25-32-35(26-34(33)42-37)46(45-36(32)27-21-23-40-24-22-27)39(28-13-5-1-6-14-28,29-15-7-2-8-16-29)30-17-9-3-10-18-30/h1-26,43H,(H,41,42)(H,44,47). The van der Waals surface area contributed by atoms with Gasteiger partial charge in [-0.2, -0.15) is 5.10 Å². The van der Waals surface area contributed by atoms with Crippen LogP contribution in [0.15, 0.2) is 158 Å². The van der Waals surface area contributed by atoms with Gasteiger partial charge in [-0.1, -0.05) is 109 Å². The van der Waals surface area contributed by atoms with E-state index >= 15 is 0 Å². The Balaban J connectivity index is 1.39. The largest absolute Gasteiger partial charge is 0.334 e. The second-order valence-electron chi connectivity index (χ2n) is 11.2. The third-order valence-corrected chi connectivity index (χ3v) is 8.44. The van der Waals surface area contributed by atoms with Crippen molar-refractivity contribution in [2.45, 2.75) is 5.54 Å². The number of para-hydroxylation sites is 1. The molecule has 47 heavy (non-hydrogen) atoms. The molecule has 0 saturated carbocycles. The van der Waals surface area contributed by atoms with Gasteiger partial charge in [0.05, 0.1) is 22.2 Å². The first kappa shape index (κ1) is 28.0. The van der Waals surface area contributed by atoms with Crippen LogP contribution >= 0.6 is 0 Å². The van der Waals surface area contributed by atoms with Crippen LogP contribution in [0.4, 0.5) is 5.69 Å². The number of H-pyrrole nitrogens is 1. The van der Waals surface area contributed by atoms with E-state index in [1.165, 1.54) is 0 Å². The molecule has 0 aliphatic heterocycles. The number of nitrogens with zero attached hydrogens (tertiary/aromatic N) is 4. The number of aromatic nitrogens is 5. The molecule has 0 bridgehead atoms. The van der Waals surface area contributed by atoms with Crippen molar-refractivity contribution in [1.82, 2.24) is 30.2 Å². The summed E-state index contributed by atoms with van der Waals surface area (Å²) < 4.78 is 2.12. The van der Waals surface area contributed by atoms with E-state index in [1.54, 1.807) is 12.4 Å². The summed E-state index contributed by atoms with van der Waals surface area (Å²) in [5.41, 5.74) is 12.7. The fraction of sp³-hybridized carbons (Fsp3) is 0.0256. The fourth-order valence-electron chi connectivity index (χ4n) is 6.32. The molecule has 0 aliphatic rings. The molecule has 0 spiro atoms. The summed E-state index contributed by atoms with van der Waals surface area (Å²) in [6.45, 7) is 0. The van der Waals surface area contributed by atoms with Crippen molar-refractivity contribution in [3.05, 3.63) is 181 Å². The summed E-state index contributed by atoms with van der Waals surface area (Å²) in [5, 5.41) is 6.34. The molecule has 3 N–H and O–H groups in total. The van der Waals surface area contributed by atoms with Crippen LogP contribution in [0.2, 0.25) is 0 Å². The highest BCUT2D eigenvalue weighted by Gasteiger charge is 2.41. The highest BCUT2D eigenvalue weighted by Crippen LogP contribution is 2.44. The van der Waals surface area contributed by atoms with Gasteiger partial charge in [0.1, 0.15) is 11.2 Å². The van der Waals surface area contributed by atoms with E-state index in [0.29, 0.717) is 11.0 Å². The molecule has 0 aliphatic carbocycles. The molecule has 8 nitrogen and oxygen atoms in total. The number of hydrazine groups is 1. The number of amides is 1. The van der Waals surface area contributed by atoms with Crippen molar-refractivity contribution in [1.29, 1.82) is 0 Å². The average molecular weight is 612 g/mol. The van der Waals surface area contributed by atoms with Crippen molar-refractivity contribution in [3.8, 4) is 11.3 Å². The lowest BCUT2D eigenvalue weighted by Crippen LogP contribution is -2.38. The number of nitrogens with one attached hydrogen (secondary N) is 3. The van der Waals surface area contributed by atoms with Crippen molar-refractivity contribution in [2.24, 2.45) is 0 Å². The Bertz CT molecular complexity index is 2210. The van der Waals surface area contributed by atoms with Gasteiger partial charge in [-0.3, -0.25) is 20.6 Å². The Morgan fingerprint density at radius 1 is 0.681 bits per heavy atom. The van der Waals surface area contributed by atoms with E-state index in [0.717, 1.165) is 44.5 Å². The molecule has 3 heterocycles. The number of hydrogen-bond donors (Lipinski definition) is 3. The van der Waals surface area contributed by atoms with Crippen LogP contribution < -0.4 is 10.9 Å². The Kier molecular flexibility index (Phi) is 7.00. The van der Waals surface area contributed by atoms with Gasteiger partial charge in [0.15, 0.2) is 5.82 Å². The van der Waals surface area contributed by atoms with Gasteiger partial charge in [0, 0.05) is 23.3 Å². The van der Waals surface area contributed by atoms with Gasteiger partial charge < -0.3 is 4.98 Å². The van der Waals surface area contributed by atoms with Gasteiger partial charge in [0.2, 0.25) is 0 Å². The number of hydrogen-bond acceptors (Lipinski definition) is 5. The molecule has 0 radical (unpaired) electrons. The van der Waals surface area contributed by atoms with Gasteiger partial charge in [0.25, 0.3) is 0 Å². The monoisotopic (exact) mass is 611 g/mol. The number of aromatic amines is 1. The number of fused-ring (bicyclic) bond motifs is 2. The van der Waals surface area contributed by atoms with E-state index in [-0.39, 0.29) is 11.7 Å². The summed E-state index contributed by atoms with van der Waals surface area (Å²) in [6, 6.07) is 48.8. The molecule has 0 atom stereocenters. The van der Waals surface area contributed by atoms with E-state index in [1.807, 2.05) is 72.8 Å². The van der Waals surface area contributed by atoms with Crippen LogP contribution in [0.3, 0.4) is 0 Å². The van der Waals surface area contributed by atoms with Crippen molar-refractivity contribution < 1.29 is 4.79 Å². The Morgan fingerprint density at radius 2 is 1.23 bits per heavy atom. The van der Waals surface area contributed by atoms with Gasteiger partial charge in [-0.25, -0.2) is 9.67 Å². The molecule has 3 aromatic heterocycles. The lowest BCUT2D eigenvalue weighted by atomic mass is 9.77. The summed E-state index contributed by atoms with van der Waals surface area (Å²) >= 11 is 0. The van der Waals surface area contributed by atoms with Crippen molar-refractivity contribution >= 4 is 33.5 Å². The lowest BCUT2D eigenvalue weighted by Gasteiger charge is -2.37. The van der Waals surface area contributed by atoms with Crippen LogP contribution in [0.5, 0.6) is 0 Å². The predicted molar refractivity (Wildman–Crippen MR) is 185 cm³/mol. The van der Waals surface area contributed by atoms with Crippen molar-refractivity contribution in [2.75, 3.05) is 5.43 Å². The summed E-state index contributed by atoms with van der Waals surface area (Å²) in [4.78, 5) is 25.4. The number of pyridine rings is 1. The zero-order valence-electron chi connectivity index (χ0n) is 25.2. The molecule has 0 fully saturated rings. The number of imidazole rings is 1. The van der Waals surface area contributed by atoms with Crippen LogP contribution in [0.1, 0.15) is 27.3 Å². The van der Waals surface area contributed by atoms with Crippen LogP contribution in [-0.4, -0.2) is 30.6 Å². The van der Waals surface area contributed by atoms with E-state index in [4.69, 9.17) is 10.1 Å². The Morgan fingerprint density at radius 3 is 1.81 bits per heavy atom. The SMILES string of the molecule is O=C(NNc1ccccc1)c1nc2cc3c(-c4ccncc4)nn(C(c4ccccc4)(c4ccccc4)c4ccccc4)c3cc2[nH]1. The molecule has 226 valence electrons. The van der Waals surface area contributed by atoms with Gasteiger partial charge >= 0.3 is 5.91 Å². The van der Waals surface area contributed by atoms with Gasteiger partial charge in [-0.15, -0.1) is 0 Å². The molecule has 8 aromatic rings. The number of benzene rings is 5. The van der Waals surface area contributed by atoms with Crippen LogP contribution in [0, 0.1) is 0 Å². The zero-order chi connectivity index (χ0) is 31.6. The molecular formula is C39H29N7O. The molecule has 0 saturated heterocycles. The molecule has 8 rings (SSSR count). The highest BCUT2D eigenvalue weighted by molar-refractivity contribution is 6.03. The Hall–Kier alpha value is -6.54. The molecule has 1 amide bonds. The molecular weight excluding hydrogens is 582 g/mol. The summed E-state index contributed by atoms with van der Waals surface area (Å²) in [6.07, 6.45) is 3.54. The predicted octanol–water partition coefficient (Wildman–Crippen LogP) is 7.57. The molecule has 0 unspecified atom stereocenters. The number of rotatable bonds is 8. The minimum atomic E-state index is -0.846. The first-order chi connectivity index (χ1) is 23.2. The Labute approximate surface area is 270 Å². The first-order valence-corrected chi connectivity index (χ1v) is 15.3. The maximum absolute atomic E-state index is 13.2.